The predicted octanol–water partition coefficient (Wildman–Crippen LogP) is 1.84. The fourth-order valence-electron chi connectivity index (χ4n) is 4.87. The number of hydrogen-bond donors (Lipinski definition) is 1. The van der Waals surface area contributed by atoms with Crippen LogP contribution in [0.5, 0.6) is 0 Å². The van der Waals surface area contributed by atoms with Crippen LogP contribution in [0.4, 0.5) is 0 Å². The standard InChI is InChI=1S/C15H24O5/c1-8-4-5-10-9(2)12(16)18-13-15(10)11(8)6-14(3,7-17-13)19-20-15/h8-13,16H,4-7H2,1-3H3. The normalized spacial score (nSPS) is 61.8. The van der Waals surface area contributed by atoms with E-state index in [1.807, 2.05) is 13.8 Å². The zero-order valence-corrected chi connectivity index (χ0v) is 12.4. The minimum Gasteiger partial charge on any atom is -0.368 e. The Kier molecular flexibility index (Phi) is 2.81. The van der Waals surface area contributed by atoms with Gasteiger partial charge in [0, 0.05) is 17.8 Å². The van der Waals surface area contributed by atoms with E-state index >= 15 is 0 Å². The molecule has 5 fully saturated rings. The molecule has 1 N–H and O–H groups in total. The molecule has 5 heteroatoms. The van der Waals surface area contributed by atoms with Gasteiger partial charge in [-0.2, -0.15) is 0 Å². The first-order valence-corrected chi connectivity index (χ1v) is 7.78. The highest BCUT2D eigenvalue weighted by Crippen LogP contribution is 2.59. The molecule has 20 heavy (non-hydrogen) atoms. The molecule has 5 nitrogen and oxygen atoms in total. The van der Waals surface area contributed by atoms with Gasteiger partial charge in [-0.1, -0.05) is 13.8 Å². The molecule has 0 aromatic carbocycles. The number of fused-ring (bicyclic) bond motifs is 2. The maximum absolute atomic E-state index is 10.2. The first-order valence-electron chi connectivity index (χ1n) is 7.78. The Hall–Kier alpha value is -0.200. The van der Waals surface area contributed by atoms with Crippen LogP contribution in [0.1, 0.15) is 40.0 Å². The molecule has 0 aromatic rings. The highest BCUT2D eigenvalue weighted by molar-refractivity contribution is 5.10. The van der Waals surface area contributed by atoms with Gasteiger partial charge in [-0.05, 0) is 32.1 Å². The second-order valence-electron chi connectivity index (χ2n) is 7.47. The molecule has 8 unspecified atom stereocenters. The molecule has 0 amide bonds. The molecule has 5 rings (SSSR count). The van der Waals surface area contributed by atoms with Crippen molar-refractivity contribution in [3.05, 3.63) is 0 Å². The fourth-order valence-corrected chi connectivity index (χ4v) is 4.87. The molecule has 1 saturated carbocycles. The number of ether oxygens (including phenoxy) is 2. The monoisotopic (exact) mass is 284 g/mol. The number of aliphatic hydroxyl groups is 1. The number of rotatable bonds is 0. The van der Waals surface area contributed by atoms with Gasteiger partial charge in [0.2, 0.25) is 0 Å². The summed E-state index contributed by atoms with van der Waals surface area (Å²) in [5.41, 5.74) is -0.951. The van der Waals surface area contributed by atoms with Gasteiger partial charge in [0.25, 0.3) is 0 Å². The summed E-state index contributed by atoms with van der Waals surface area (Å²) in [6, 6.07) is 0. The van der Waals surface area contributed by atoms with E-state index in [4.69, 9.17) is 19.2 Å². The lowest BCUT2D eigenvalue weighted by molar-refractivity contribution is -0.494. The van der Waals surface area contributed by atoms with Crippen LogP contribution in [0.15, 0.2) is 0 Å². The molecule has 5 aliphatic rings. The molecule has 0 radical (unpaired) electrons. The van der Waals surface area contributed by atoms with E-state index in [-0.39, 0.29) is 11.8 Å². The fraction of sp³-hybridized carbons (Fsp3) is 1.00. The Bertz CT molecular complexity index is 415. The van der Waals surface area contributed by atoms with Crippen LogP contribution in [-0.4, -0.2) is 35.5 Å². The first-order chi connectivity index (χ1) is 9.46. The van der Waals surface area contributed by atoms with E-state index < -0.39 is 23.8 Å². The summed E-state index contributed by atoms with van der Waals surface area (Å²) in [5, 5.41) is 10.2. The third-order valence-corrected chi connectivity index (χ3v) is 6.07. The van der Waals surface area contributed by atoms with Crippen LogP contribution in [0.25, 0.3) is 0 Å². The van der Waals surface area contributed by atoms with Crippen LogP contribution >= 0.6 is 0 Å². The van der Waals surface area contributed by atoms with E-state index in [0.29, 0.717) is 18.4 Å². The van der Waals surface area contributed by atoms with Gasteiger partial charge in [-0.3, -0.25) is 0 Å². The van der Waals surface area contributed by atoms with Crippen molar-refractivity contribution in [1.29, 1.82) is 0 Å². The van der Waals surface area contributed by atoms with Gasteiger partial charge in [0.05, 0.1) is 6.61 Å². The average molecular weight is 284 g/mol. The lowest BCUT2D eigenvalue weighted by Crippen LogP contribution is -2.69. The quantitative estimate of drug-likeness (QED) is 0.688. The lowest BCUT2D eigenvalue weighted by Gasteiger charge is -2.59. The van der Waals surface area contributed by atoms with E-state index in [9.17, 15) is 5.11 Å². The zero-order chi connectivity index (χ0) is 14.1. The van der Waals surface area contributed by atoms with Gasteiger partial charge in [-0.25, -0.2) is 9.78 Å². The molecule has 4 saturated heterocycles. The number of hydrogen-bond acceptors (Lipinski definition) is 5. The maximum Gasteiger partial charge on any atom is 0.193 e. The lowest BCUT2D eigenvalue weighted by atomic mass is 9.57. The van der Waals surface area contributed by atoms with Gasteiger partial charge in [-0.15, -0.1) is 0 Å². The van der Waals surface area contributed by atoms with Crippen LogP contribution in [0.3, 0.4) is 0 Å². The van der Waals surface area contributed by atoms with Crippen molar-refractivity contribution in [3.63, 3.8) is 0 Å². The van der Waals surface area contributed by atoms with Crippen molar-refractivity contribution < 1.29 is 24.4 Å². The Morgan fingerprint density at radius 1 is 1.10 bits per heavy atom. The van der Waals surface area contributed by atoms with Crippen LogP contribution in [0.2, 0.25) is 0 Å². The SMILES string of the molecule is CC1CCC2C(C)C(O)OC3OCC4(C)CC1C32OO4. The Balaban J connectivity index is 1.82. The summed E-state index contributed by atoms with van der Waals surface area (Å²) < 4.78 is 11.7. The van der Waals surface area contributed by atoms with Gasteiger partial charge in [0.1, 0.15) is 5.60 Å². The molecular weight excluding hydrogens is 260 g/mol. The highest BCUT2D eigenvalue weighted by atomic mass is 17.2. The second kappa shape index (κ2) is 4.17. The molecule has 0 aromatic heterocycles. The molecule has 2 bridgehead atoms. The molecule has 4 heterocycles. The Labute approximate surface area is 119 Å². The van der Waals surface area contributed by atoms with Crippen molar-refractivity contribution in [3.8, 4) is 0 Å². The molecular formula is C15H24O5. The minimum atomic E-state index is -0.779. The Morgan fingerprint density at radius 3 is 2.70 bits per heavy atom. The second-order valence-corrected chi connectivity index (χ2v) is 7.47. The van der Waals surface area contributed by atoms with Crippen LogP contribution < -0.4 is 0 Å². The molecule has 114 valence electrons. The summed E-state index contributed by atoms with van der Waals surface area (Å²) in [4.78, 5) is 11.7. The van der Waals surface area contributed by atoms with E-state index in [1.165, 1.54) is 6.42 Å². The summed E-state index contributed by atoms with van der Waals surface area (Å²) in [6.07, 6.45) is 1.83. The predicted molar refractivity (Wildman–Crippen MR) is 69.3 cm³/mol. The first kappa shape index (κ1) is 13.5. The highest BCUT2D eigenvalue weighted by Gasteiger charge is 2.69. The largest absolute Gasteiger partial charge is 0.368 e. The van der Waals surface area contributed by atoms with Crippen molar-refractivity contribution in [2.75, 3.05) is 6.61 Å². The van der Waals surface area contributed by atoms with Crippen molar-refractivity contribution in [2.24, 2.45) is 23.7 Å². The maximum atomic E-state index is 10.2. The summed E-state index contributed by atoms with van der Waals surface area (Å²) in [7, 11) is 0. The van der Waals surface area contributed by atoms with Crippen LogP contribution in [-0.2, 0) is 19.2 Å². The summed E-state index contributed by atoms with van der Waals surface area (Å²) in [5.74, 6) is 1.18. The zero-order valence-electron chi connectivity index (χ0n) is 12.4. The van der Waals surface area contributed by atoms with Gasteiger partial charge >= 0.3 is 0 Å². The smallest absolute Gasteiger partial charge is 0.193 e. The van der Waals surface area contributed by atoms with Crippen molar-refractivity contribution in [1.82, 2.24) is 0 Å². The van der Waals surface area contributed by atoms with E-state index in [2.05, 4.69) is 6.92 Å². The molecule has 8 atom stereocenters. The summed E-state index contributed by atoms with van der Waals surface area (Å²) in [6.45, 7) is 6.81. The minimum absolute atomic E-state index is 0.0379. The van der Waals surface area contributed by atoms with E-state index in [0.717, 1.165) is 12.8 Å². The third-order valence-electron chi connectivity index (χ3n) is 6.07. The molecule has 1 spiro atoms. The van der Waals surface area contributed by atoms with Gasteiger partial charge < -0.3 is 14.6 Å². The molecule has 4 aliphatic heterocycles. The topological polar surface area (TPSA) is 57.2 Å². The Morgan fingerprint density at radius 2 is 1.90 bits per heavy atom. The van der Waals surface area contributed by atoms with Gasteiger partial charge in [0.15, 0.2) is 18.2 Å². The third kappa shape index (κ3) is 1.56. The van der Waals surface area contributed by atoms with E-state index in [1.54, 1.807) is 0 Å². The average Bonchev–Trinajstić information content (AvgIpc) is 2.63. The number of aliphatic hydroxyl groups excluding tert-OH is 1. The molecule has 1 aliphatic carbocycles. The van der Waals surface area contributed by atoms with Crippen molar-refractivity contribution >= 4 is 0 Å². The van der Waals surface area contributed by atoms with Crippen LogP contribution in [0, 0.1) is 23.7 Å². The summed E-state index contributed by atoms with van der Waals surface area (Å²) >= 11 is 0. The van der Waals surface area contributed by atoms with Crippen molar-refractivity contribution in [2.45, 2.75) is 63.8 Å².